The minimum atomic E-state index is -3.12. The molecule has 2 atom stereocenters. The lowest BCUT2D eigenvalue weighted by Crippen LogP contribution is -2.22. The zero-order valence-electron chi connectivity index (χ0n) is 11.4. The number of sulfone groups is 1. The first-order chi connectivity index (χ1) is 9.08. The summed E-state index contributed by atoms with van der Waals surface area (Å²) in [6.07, 6.45) is 3.04. The second kappa shape index (κ2) is 6.00. The fourth-order valence-electron chi connectivity index (χ4n) is 2.40. The molecule has 0 saturated carbocycles. The molecule has 1 aromatic rings. The Morgan fingerprint density at radius 1 is 1.37 bits per heavy atom. The molecule has 0 aliphatic carbocycles. The molecule has 1 aromatic heterocycles. The summed E-state index contributed by atoms with van der Waals surface area (Å²) < 4.78 is 29.6. The van der Waals surface area contributed by atoms with Crippen LogP contribution in [0.25, 0.3) is 0 Å². The van der Waals surface area contributed by atoms with Gasteiger partial charge in [-0.2, -0.15) is 0 Å². The zero-order chi connectivity index (χ0) is 13.9. The first kappa shape index (κ1) is 14.5. The molecule has 19 heavy (non-hydrogen) atoms. The summed E-state index contributed by atoms with van der Waals surface area (Å²) in [5.74, 6) is 0.964. The molecular formula is C12H21N3O3S. The predicted octanol–water partition coefficient (Wildman–Crippen LogP) is 1.77. The maximum absolute atomic E-state index is 12.0. The first-order valence-corrected chi connectivity index (χ1v) is 8.58. The van der Waals surface area contributed by atoms with Gasteiger partial charge in [0.2, 0.25) is 11.8 Å². The molecule has 0 radical (unpaired) electrons. The maximum Gasteiger partial charge on any atom is 0.234 e. The van der Waals surface area contributed by atoms with E-state index in [1.165, 1.54) is 0 Å². The third-order valence-electron chi connectivity index (χ3n) is 3.47. The second-order valence-electron chi connectivity index (χ2n) is 4.85. The van der Waals surface area contributed by atoms with Crippen LogP contribution in [0.2, 0.25) is 0 Å². The van der Waals surface area contributed by atoms with Crippen molar-refractivity contribution in [1.82, 2.24) is 15.5 Å². The molecule has 0 bridgehead atoms. The van der Waals surface area contributed by atoms with Crippen LogP contribution in [0.4, 0.5) is 0 Å². The van der Waals surface area contributed by atoms with E-state index in [0.29, 0.717) is 12.3 Å². The summed E-state index contributed by atoms with van der Waals surface area (Å²) in [7, 11) is -3.12. The minimum absolute atomic E-state index is 0.00227. The number of nitrogens with one attached hydrogen (secondary N) is 1. The van der Waals surface area contributed by atoms with Gasteiger partial charge in [-0.15, -0.1) is 10.2 Å². The summed E-state index contributed by atoms with van der Waals surface area (Å²) in [6.45, 7) is 4.83. The van der Waals surface area contributed by atoms with E-state index in [4.69, 9.17) is 4.42 Å². The largest absolute Gasteiger partial charge is 0.422 e. The van der Waals surface area contributed by atoms with Crippen molar-refractivity contribution in [2.75, 3.05) is 12.3 Å². The van der Waals surface area contributed by atoms with Crippen LogP contribution in [0.5, 0.6) is 0 Å². The van der Waals surface area contributed by atoms with Gasteiger partial charge in [-0.05, 0) is 25.8 Å². The highest BCUT2D eigenvalue weighted by Gasteiger charge is 2.35. The van der Waals surface area contributed by atoms with Crippen LogP contribution in [0.3, 0.4) is 0 Å². The lowest BCUT2D eigenvalue weighted by atomic mass is 10.2. The van der Waals surface area contributed by atoms with E-state index in [9.17, 15) is 8.42 Å². The van der Waals surface area contributed by atoms with Crippen molar-refractivity contribution in [1.29, 1.82) is 0 Å². The van der Waals surface area contributed by atoms with E-state index < -0.39 is 15.1 Å². The second-order valence-corrected chi connectivity index (χ2v) is 7.15. The Bertz CT molecular complexity index is 512. The fourth-order valence-corrected chi connectivity index (χ4v) is 4.22. The smallest absolute Gasteiger partial charge is 0.234 e. The highest BCUT2D eigenvalue weighted by Crippen LogP contribution is 2.33. The van der Waals surface area contributed by atoms with E-state index in [-0.39, 0.29) is 17.7 Å². The van der Waals surface area contributed by atoms with Crippen molar-refractivity contribution >= 4 is 9.84 Å². The Balaban J connectivity index is 2.20. The summed E-state index contributed by atoms with van der Waals surface area (Å²) in [5, 5.41) is 10.6. The summed E-state index contributed by atoms with van der Waals surface area (Å²) in [4.78, 5) is 0. The van der Waals surface area contributed by atoms with Crippen molar-refractivity contribution in [3.63, 3.8) is 0 Å². The highest BCUT2D eigenvalue weighted by atomic mass is 32.2. The van der Waals surface area contributed by atoms with Gasteiger partial charge in [-0.1, -0.05) is 20.3 Å². The molecular weight excluding hydrogens is 266 g/mol. The number of nitrogens with zero attached hydrogens (tertiary/aromatic N) is 2. The summed E-state index contributed by atoms with van der Waals surface area (Å²) in [5.41, 5.74) is 0. The molecule has 2 rings (SSSR count). The van der Waals surface area contributed by atoms with Gasteiger partial charge >= 0.3 is 0 Å². The molecule has 2 unspecified atom stereocenters. The Morgan fingerprint density at radius 2 is 2.16 bits per heavy atom. The van der Waals surface area contributed by atoms with Crippen molar-refractivity contribution < 1.29 is 12.8 Å². The van der Waals surface area contributed by atoms with Crippen LogP contribution in [-0.2, 0) is 9.84 Å². The maximum atomic E-state index is 12.0. The lowest BCUT2D eigenvalue weighted by Gasteiger charge is -2.18. The average Bonchev–Trinajstić information content (AvgIpc) is 2.84. The van der Waals surface area contributed by atoms with E-state index in [2.05, 4.69) is 15.5 Å². The topological polar surface area (TPSA) is 85.1 Å². The van der Waals surface area contributed by atoms with E-state index in [1.54, 1.807) is 0 Å². The summed E-state index contributed by atoms with van der Waals surface area (Å²) >= 11 is 0. The molecule has 1 aliphatic rings. The quantitative estimate of drug-likeness (QED) is 0.888. The average molecular weight is 287 g/mol. The zero-order valence-corrected chi connectivity index (χ0v) is 12.2. The number of aromatic nitrogens is 2. The standard InChI is InChI=1S/C12H21N3O3S/c1-3-9(13-4-2)11-14-15-12(18-11)10-7-5-6-8-19(10,16)17/h9-10,13H,3-8H2,1-2H3. The van der Waals surface area contributed by atoms with E-state index in [0.717, 1.165) is 25.8 Å². The van der Waals surface area contributed by atoms with Gasteiger partial charge in [0.15, 0.2) is 9.84 Å². The molecule has 7 heteroatoms. The normalized spacial score (nSPS) is 24.2. The molecule has 1 fully saturated rings. The van der Waals surface area contributed by atoms with Crippen LogP contribution < -0.4 is 5.32 Å². The van der Waals surface area contributed by atoms with Gasteiger partial charge < -0.3 is 9.73 Å². The number of hydrogen-bond donors (Lipinski definition) is 1. The van der Waals surface area contributed by atoms with Gasteiger partial charge in [0.05, 0.1) is 11.8 Å². The van der Waals surface area contributed by atoms with Crippen LogP contribution in [-0.4, -0.2) is 30.9 Å². The molecule has 1 saturated heterocycles. The molecule has 0 aromatic carbocycles. The van der Waals surface area contributed by atoms with Gasteiger partial charge in [0.25, 0.3) is 0 Å². The molecule has 0 amide bonds. The molecule has 0 spiro atoms. The molecule has 1 aliphatic heterocycles. The SMILES string of the molecule is CCNC(CC)c1nnc(C2CCCCS2(=O)=O)o1. The molecule has 108 valence electrons. The monoisotopic (exact) mass is 287 g/mol. The number of rotatable bonds is 5. The Hall–Kier alpha value is -0.950. The van der Waals surface area contributed by atoms with Gasteiger partial charge in [0.1, 0.15) is 5.25 Å². The van der Waals surface area contributed by atoms with Crippen molar-refractivity contribution in [3.05, 3.63) is 11.8 Å². The third-order valence-corrected chi connectivity index (χ3v) is 5.63. The van der Waals surface area contributed by atoms with Crippen molar-refractivity contribution in [3.8, 4) is 0 Å². The van der Waals surface area contributed by atoms with E-state index >= 15 is 0 Å². The highest BCUT2D eigenvalue weighted by molar-refractivity contribution is 7.91. The van der Waals surface area contributed by atoms with Gasteiger partial charge in [0, 0.05) is 0 Å². The minimum Gasteiger partial charge on any atom is -0.422 e. The Labute approximate surface area is 113 Å². The van der Waals surface area contributed by atoms with Crippen LogP contribution in [0.15, 0.2) is 4.42 Å². The predicted molar refractivity (Wildman–Crippen MR) is 71.4 cm³/mol. The van der Waals surface area contributed by atoms with Crippen LogP contribution >= 0.6 is 0 Å². The first-order valence-electron chi connectivity index (χ1n) is 6.86. The van der Waals surface area contributed by atoms with Gasteiger partial charge in [-0.3, -0.25) is 0 Å². The Morgan fingerprint density at radius 3 is 2.79 bits per heavy atom. The van der Waals surface area contributed by atoms with Crippen LogP contribution in [0.1, 0.15) is 62.6 Å². The van der Waals surface area contributed by atoms with Gasteiger partial charge in [-0.25, -0.2) is 8.42 Å². The Kier molecular flexibility index (Phi) is 4.57. The van der Waals surface area contributed by atoms with Crippen molar-refractivity contribution in [2.24, 2.45) is 0 Å². The number of hydrogen-bond acceptors (Lipinski definition) is 6. The molecule has 6 nitrogen and oxygen atoms in total. The van der Waals surface area contributed by atoms with E-state index in [1.807, 2.05) is 13.8 Å². The summed E-state index contributed by atoms with van der Waals surface area (Å²) in [6, 6.07) is -0.00227. The lowest BCUT2D eigenvalue weighted by molar-refractivity contribution is 0.367. The van der Waals surface area contributed by atoms with Crippen molar-refractivity contribution in [2.45, 2.75) is 50.8 Å². The molecule has 1 N–H and O–H groups in total. The van der Waals surface area contributed by atoms with Crippen LogP contribution in [0, 0.1) is 0 Å². The third kappa shape index (κ3) is 3.14. The fraction of sp³-hybridized carbons (Fsp3) is 0.833. The molecule has 2 heterocycles.